The van der Waals surface area contributed by atoms with Gasteiger partial charge in [-0.2, -0.15) is 0 Å². The molecule has 0 aliphatic carbocycles. The molecule has 0 radical (unpaired) electrons. The number of nitrogens with zero attached hydrogens (tertiary/aromatic N) is 3. The largest absolute Gasteiger partial charge is 0.392 e. The van der Waals surface area contributed by atoms with E-state index < -0.39 is 5.41 Å². The zero-order valence-corrected chi connectivity index (χ0v) is 19.8. The summed E-state index contributed by atoms with van der Waals surface area (Å²) in [4.78, 5) is 36.3. The standard InChI is InChI=1S/C26H37N3O3/c1-19(2)24(30)28-14-11-26(12-15-28,25(31)29-13-7-8-20(3)18-29)17-22-16-23(27-32-22)21-9-5-4-6-10-21/h4-6,9-10,19-20,22H,7-8,11-18H2,1-3H3/t20-,22+/m0/s1. The number of hydrogen-bond acceptors (Lipinski definition) is 4. The van der Waals surface area contributed by atoms with Crippen molar-refractivity contribution in [2.75, 3.05) is 26.2 Å². The van der Waals surface area contributed by atoms with E-state index in [-0.39, 0.29) is 23.8 Å². The summed E-state index contributed by atoms with van der Waals surface area (Å²) >= 11 is 0. The van der Waals surface area contributed by atoms with Gasteiger partial charge in [0.1, 0.15) is 6.10 Å². The van der Waals surface area contributed by atoms with Crippen LogP contribution in [0.5, 0.6) is 0 Å². The minimum absolute atomic E-state index is 0.0128. The van der Waals surface area contributed by atoms with E-state index in [9.17, 15) is 9.59 Å². The van der Waals surface area contributed by atoms with Gasteiger partial charge in [-0.25, -0.2) is 0 Å². The zero-order valence-electron chi connectivity index (χ0n) is 19.8. The van der Waals surface area contributed by atoms with Crippen molar-refractivity contribution < 1.29 is 14.4 Å². The Kier molecular flexibility index (Phi) is 6.87. The molecule has 0 N–H and O–H groups in total. The highest BCUT2D eigenvalue weighted by atomic mass is 16.6. The molecular weight excluding hydrogens is 402 g/mol. The Labute approximate surface area is 192 Å². The molecule has 0 aromatic heterocycles. The SMILES string of the molecule is CC(C)C(=O)N1CCC(C[C@H]2CC(c3ccccc3)=NO2)(C(=O)N2CCC[C@H](C)C2)CC1. The van der Waals surface area contributed by atoms with Gasteiger partial charge in [-0.05, 0) is 37.2 Å². The third kappa shape index (κ3) is 4.84. The third-order valence-corrected chi connectivity index (χ3v) is 7.38. The van der Waals surface area contributed by atoms with Gasteiger partial charge < -0.3 is 14.6 Å². The second kappa shape index (κ2) is 9.63. The van der Waals surface area contributed by atoms with Crippen LogP contribution in [0.2, 0.25) is 0 Å². The van der Waals surface area contributed by atoms with E-state index in [1.165, 1.54) is 6.42 Å². The zero-order chi connectivity index (χ0) is 22.7. The van der Waals surface area contributed by atoms with Gasteiger partial charge in [0.25, 0.3) is 0 Å². The number of carbonyl (C=O) groups excluding carboxylic acids is 2. The van der Waals surface area contributed by atoms with Crippen LogP contribution in [-0.2, 0) is 14.4 Å². The summed E-state index contributed by atoms with van der Waals surface area (Å²) in [5, 5.41) is 4.36. The Morgan fingerprint density at radius 2 is 1.84 bits per heavy atom. The van der Waals surface area contributed by atoms with Crippen LogP contribution >= 0.6 is 0 Å². The highest BCUT2D eigenvalue weighted by molar-refractivity contribution is 6.01. The number of amides is 2. The summed E-state index contributed by atoms with van der Waals surface area (Å²) in [5.74, 6) is 0.978. The van der Waals surface area contributed by atoms with Crippen LogP contribution in [-0.4, -0.2) is 59.6 Å². The molecule has 3 aliphatic rings. The smallest absolute Gasteiger partial charge is 0.229 e. The molecule has 0 unspecified atom stereocenters. The molecule has 4 rings (SSSR count). The summed E-state index contributed by atoms with van der Waals surface area (Å²) in [7, 11) is 0. The first kappa shape index (κ1) is 22.8. The van der Waals surface area contributed by atoms with E-state index >= 15 is 0 Å². The summed E-state index contributed by atoms with van der Waals surface area (Å²) in [6, 6.07) is 10.1. The Bertz CT molecular complexity index is 843. The first-order valence-electron chi connectivity index (χ1n) is 12.2. The van der Waals surface area contributed by atoms with Crippen LogP contribution in [0.4, 0.5) is 0 Å². The van der Waals surface area contributed by atoms with E-state index in [1.54, 1.807) is 0 Å². The Hall–Kier alpha value is -2.37. The van der Waals surface area contributed by atoms with Crippen LogP contribution in [0.15, 0.2) is 35.5 Å². The fraction of sp³-hybridized carbons (Fsp3) is 0.654. The molecule has 2 amide bonds. The Morgan fingerprint density at radius 3 is 2.50 bits per heavy atom. The van der Waals surface area contributed by atoms with Gasteiger partial charge in [0.15, 0.2) is 0 Å². The summed E-state index contributed by atoms with van der Waals surface area (Å²) in [5.41, 5.74) is 1.56. The lowest BCUT2D eigenvalue weighted by Gasteiger charge is -2.45. The van der Waals surface area contributed by atoms with Gasteiger partial charge in [0.2, 0.25) is 11.8 Å². The molecule has 1 aromatic carbocycles. The predicted molar refractivity (Wildman–Crippen MR) is 125 cm³/mol. The summed E-state index contributed by atoms with van der Waals surface area (Å²) < 4.78 is 0. The molecule has 2 atom stereocenters. The van der Waals surface area contributed by atoms with Crippen LogP contribution in [0.25, 0.3) is 0 Å². The third-order valence-electron chi connectivity index (χ3n) is 7.38. The molecule has 2 fully saturated rings. The second-order valence-electron chi connectivity index (χ2n) is 10.3. The van der Waals surface area contributed by atoms with Gasteiger partial charge >= 0.3 is 0 Å². The van der Waals surface area contributed by atoms with Gasteiger partial charge in [0, 0.05) is 44.9 Å². The van der Waals surface area contributed by atoms with Gasteiger partial charge in [-0.3, -0.25) is 9.59 Å². The molecule has 1 aromatic rings. The molecule has 6 nitrogen and oxygen atoms in total. The lowest BCUT2D eigenvalue weighted by Crippen LogP contribution is -2.54. The van der Waals surface area contributed by atoms with Crippen molar-refractivity contribution in [3.05, 3.63) is 35.9 Å². The quantitative estimate of drug-likeness (QED) is 0.694. The molecule has 3 heterocycles. The second-order valence-corrected chi connectivity index (χ2v) is 10.3. The number of oxime groups is 1. The average molecular weight is 440 g/mol. The molecular formula is C26H37N3O3. The maximum absolute atomic E-state index is 13.9. The lowest BCUT2D eigenvalue weighted by molar-refractivity contribution is -0.153. The molecule has 0 bridgehead atoms. The highest BCUT2D eigenvalue weighted by Crippen LogP contribution is 2.41. The van der Waals surface area contributed by atoms with Crippen molar-refractivity contribution in [1.29, 1.82) is 0 Å². The van der Waals surface area contributed by atoms with E-state index in [1.807, 2.05) is 36.9 Å². The van der Waals surface area contributed by atoms with E-state index in [0.29, 0.717) is 38.3 Å². The van der Waals surface area contributed by atoms with E-state index in [2.05, 4.69) is 29.1 Å². The monoisotopic (exact) mass is 439 g/mol. The average Bonchev–Trinajstić information content (AvgIpc) is 3.27. The van der Waals surface area contributed by atoms with Crippen molar-refractivity contribution in [2.45, 2.75) is 65.4 Å². The number of piperidine rings is 2. The van der Waals surface area contributed by atoms with Crippen LogP contribution in [0, 0.1) is 17.3 Å². The molecule has 174 valence electrons. The maximum atomic E-state index is 13.9. The highest BCUT2D eigenvalue weighted by Gasteiger charge is 2.47. The normalized spacial score (nSPS) is 25.4. The van der Waals surface area contributed by atoms with E-state index in [0.717, 1.165) is 37.2 Å². The minimum Gasteiger partial charge on any atom is -0.392 e. The molecule has 2 saturated heterocycles. The fourth-order valence-corrected chi connectivity index (χ4v) is 5.51. The van der Waals surface area contributed by atoms with Crippen LogP contribution < -0.4 is 0 Å². The summed E-state index contributed by atoms with van der Waals surface area (Å²) in [6.07, 6.45) is 4.97. The predicted octanol–water partition coefficient (Wildman–Crippen LogP) is 4.09. The van der Waals surface area contributed by atoms with Crippen LogP contribution in [0.3, 0.4) is 0 Å². The number of carbonyl (C=O) groups is 2. The Morgan fingerprint density at radius 1 is 1.12 bits per heavy atom. The molecule has 0 spiro atoms. The van der Waals surface area contributed by atoms with E-state index in [4.69, 9.17) is 4.84 Å². The molecule has 3 aliphatic heterocycles. The Balaban J connectivity index is 1.48. The first-order valence-corrected chi connectivity index (χ1v) is 12.2. The number of rotatable bonds is 5. The fourth-order valence-electron chi connectivity index (χ4n) is 5.51. The van der Waals surface area contributed by atoms with Gasteiger partial charge in [-0.15, -0.1) is 0 Å². The minimum atomic E-state index is -0.475. The van der Waals surface area contributed by atoms with Crippen molar-refractivity contribution in [1.82, 2.24) is 9.80 Å². The topological polar surface area (TPSA) is 62.2 Å². The van der Waals surface area contributed by atoms with Crippen molar-refractivity contribution >= 4 is 17.5 Å². The number of likely N-dealkylation sites (tertiary alicyclic amines) is 2. The maximum Gasteiger partial charge on any atom is 0.229 e. The first-order chi connectivity index (χ1) is 15.4. The number of benzene rings is 1. The lowest BCUT2D eigenvalue weighted by atomic mass is 9.71. The van der Waals surface area contributed by atoms with Crippen LogP contribution in [0.1, 0.15) is 64.9 Å². The molecule has 6 heteroatoms. The van der Waals surface area contributed by atoms with Gasteiger partial charge in [0.05, 0.1) is 11.1 Å². The molecule has 0 saturated carbocycles. The number of hydrogen-bond donors (Lipinski definition) is 0. The van der Waals surface area contributed by atoms with Gasteiger partial charge in [-0.1, -0.05) is 56.3 Å². The van der Waals surface area contributed by atoms with Crippen molar-refractivity contribution in [3.63, 3.8) is 0 Å². The summed E-state index contributed by atoms with van der Waals surface area (Å²) in [6.45, 7) is 9.09. The van der Waals surface area contributed by atoms with Crippen molar-refractivity contribution in [2.24, 2.45) is 22.4 Å². The van der Waals surface area contributed by atoms with Crippen molar-refractivity contribution in [3.8, 4) is 0 Å². The molecule has 32 heavy (non-hydrogen) atoms.